The van der Waals surface area contributed by atoms with Crippen molar-refractivity contribution in [2.24, 2.45) is 16.7 Å². The topological polar surface area (TPSA) is 34.3 Å². The van der Waals surface area contributed by atoms with Gasteiger partial charge in [-0.1, -0.05) is 78.3 Å². The Bertz CT molecular complexity index is 695. The molecular formula is C24H35F3NO-. The maximum absolute atomic E-state index is 12.8. The number of alkyl halides is 3. The molecule has 2 aliphatic carbocycles. The second-order valence-corrected chi connectivity index (χ2v) is 10.3. The molecule has 2 rings (SSSR count). The Morgan fingerprint density at radius 1 is 0.966 bits per heavy atom. The number of aliphatic hydroxyl groups excluding tert-OH is 1. The molecule has 0 saturated heterocycles. The van der Waals surface area contributed by atoms with Crippen molar-refractivity contribution in [3.05, 3.63) is 51.9 Å². The lowest BCUT2D eigenvalue weighted by atomic mass is 9.70. The van der Waals surface area contributed by atoms with Gasteiger partial charge in [0, 0.05) is 5.57 Å². The molecular weight excluding hydrogens is 375 g/mol. The van der Waals surface area contributed by atoms with Crippen molar-refractivity contribution in [1.29, 1.82) is 0 Å². The monoisotopic (exact) mass is 410 g/mol. The normalized spacial score (nSPS) is 25.1. The van der Waals surface area contributed by atoms with Crippen LogP contribution >= 0.6 is 0 Å². The second kappa shape index (κ2) is 8.43. The van der Waals surface area contributed by atoms with Crippen molar-refractivity contribution < 1.29 is 18.3 Å². The van der Waals surface area contributed by atoms with Crippen LogP contribution in [-0.4, -0.2) is 30.0 Å². The van der Waals surface area contributed by atoms with Crippen molar-refractivity contribution in [1.82, 2.24) is 0 Å². The molecule has 1 atom stereocenters. The van der Waals surface area contributed by atoms with Crippen molar-refractivity contribution in [3.63, 3.8) is 0 Å². The van der Waals surface area contributed by atoms with Crippen LogP contribution in [0.3, 0.4) is 0 Å². The Balaban J connectivity index is 2.14. The molecule has 0 heterocycles. The summed E-state index contributed by atoms with van der Waals surface area (Å²) in [4.78, 5) is 0. The van der Waals surface area contributed by atoms with Gasteiger partial charge in [-0.15, -0.1) is 12.6 Å². The van der Waals surface area contributed by atoms with Crippen LogP contribution in [0.1, 0.15) is 61.3 Å². The zero-order chi connectivity index (χ0) is 22.2. The fourth-order valence-electron chi connectivity index (χ4n) is 3.92. The highest BCUT2D eigenvalue weighted by molar-refractivity contribution is 5.38. The standard InChI is InChI=1S/C24H35F3NO/c1-15(17-8-10-18(11-9-17)24(25,26)27)28-14-16-12-19(22(2,3)4)21(29)20(13-16)23(5,6)7/h8,10,12-13,15-16,21,29H,9,11,14H2,1-7H3/q-1. The molecule has 29 heavy (non-hydrogen) atoms. The highest BCUT2D eigenvalue weighted by atomic mass is 19.4. The number of hydrogen-bond donors (Lipinski definition) is 1. The third kappa shape index (κ3) is 6.08. The molecule has 0 radical (unpaired) electrons. The van der Waals surface area contributed by atoms with Crippen LogP contribution in [0.2, 0.25) is 0 Å². The lowest BCUT2D eigenvalue weighted by molar-refractivity contribution is -0.0941. The maximum atomic E-state index is 12.8. The predicted octanol–water partition coefficient (Wildman–Crippen LogP) is 6.89. The summed E-state index contributed by atoms with van der Waals surface area (Å²) in [5.74, 6) is 0.0785. The van der Waals surface area contributed by atoms with Gasteiger partial charge in [-0.3, -0.25) is 0 Å². The van der Waals surface area contributed by atoms with Crippen LogP contribution in [0.5, 0.6) is 0 Å². The minimum Gasteiger partial charge on any atom is -0.655 e. The van der Waals surface area contributed by atoms with Crippen LogP contribution in [-0.2, 0) is 0 Å². The average molecular weight is 411 g/mol. The van der Waals surface area contributed by atoms with E-state index < -0.39 is 17.9 Å². The number of nitrogens with zero attached hydrogens (tertiary/aromatic N) is 1. The summed E-state index contributed by atoms with van der Waals surface area (Å²) >= 11 is 0. The van der Waals surface area contributed by atoms with Gasteiger partial charge in [0.1, 0.15) is 0 Å². The van der Waals surface area contributed by atoms with E-state index in [1.165, 1.54) is 6.08 Å². The smallest absolute Gasteiger partial charge is 0.412 e. The van der Waals surface area contributed by atoms with Crippen LogP contribution < -0.4 is 0 Å². The van der Waals surface area contributed by atoms with Gasteiger partial charge in [-0.2, -0.15) is 13.2 Å². The zero-order valence-electron chi connectivity index (χ0n) is 18.7. The Kier molecular flexibility index (Phi) is 6.96. The van der Waals surface area contributed by atoms with Gasteiger partial charge in [0.2, 0.25) is 0 Å². The summed E-state index contributed by atoms with van der Waals surface area (Å²) in [5, 5.41) is 15.7. The second-order valence-electron chi connectivity index (χ2n) is 10.3. The first-order chi connectivity index (χ1) is 13.1. The number of halogens is 3. The summed E-state index contributed by atoms with van der Waals surface area (Å²) in [7, 11) is 0. The number of aliphatic hydroxyl groups is 1. The molecule has 5 heteroatoms. The number of allylic oxidation sites excluding steroid dienone is 3. The molecule has 0 spiro atoms. The molecule has 0 saturated carbocycles. The highest BCUT2D eigenvalue weighted by Gasteiger charge is 2.35. The molecule has 0 aromatic carbocycles. The Hall–Kier alpha value is -1.33. The summed E-state index contributed by atoms with van der Waals surface area (Å²) < 4.78 is 38.4. The Labute approximate surface area is 173 Å². The van der Waals surface area contributed by atoms with Gasteiger partial charge < -0.3 is 10.4 Å². The molecule has 1 N–H and O–H groups in total. The van der Waals surface area contributed by atoms with Crippen LogP contribution in [0.4, 0.5) is 13.2 Å². The molecule has 0 aromatic heterocycles. The van der Waals surface area contributed by atoms with E-state index in [2.05, 4.69) is 53.7 Å². The minimum atomic E-state index is -4.24. The van der Waals surface area contributed by atoms with Crippen LogP contribution in [0, 0.1) is 16.7 Å². The molecule has 0 aromatic rings. The van der Waals surface area contributed by atoms with E-state index in [1.54, 1.807) is 6.08 Å². The first-order valence-corrected chi connectivity index (χ1v) is 10.4. The van der Waals surface area contributed by atoms with E-state index in [-0.39, 0.29) is 29.2 Å². The molecule has 0 aliphatic heterocycles. The van der Waals surface area contributed by atoms with Gasteiger partial charge in [-0.25, -0.2) is 0 Å². The molecule has 1 unspecified atom stereocenters. The molecule has 0 fully saturated rings. The average Bonchev–Trinajstić information content (AvgIpc) is 2.57. The molecule has 0 amide bonds. The summed E-state index contributed by atoms with van der Waals surface area (Å²) in [6.07, 6.45) is 2.59. The van der Waals surface area contributed by atoms with E-state index in [1.807, 2.05) is 6.92 Å². The predicted molar refractivity (Wildman–Crippen MR) is 114 cm³/mol. The van der Waals surface area contributed by atoms with Crippen LogP contribution in [0.25, 0.3) is 5.32 Å². The van der Waals surface area contributed by atoms with Gasteiger partial charge >= 0.3 is 6.18 Å². The van der Waals surface area contributed by atoms with Crippen molar-refractivity contribution in [2.45, 2.75) is 79.6 Å². The van der Waals surface area contributed by atoms with E-state index >= 15 is 0 Å². The molecule has 2 nitrogen and oxygen atoms in total. The van der Waals surface area contributed by atoms with E-state index in [0.29, 0.717) is 13.0 Å². The lowest BCUT2D eigenvalue weighted by Gasteiger charge is -2.41. The Morgan fingerprint density at radius 3 is 1.86 bits per heavy atom. The van der Waals surface area contributed by atoms with Gasteiger partial charge in [0.05, 0.1) is 6.10 Å². The maximum Gasteiger partial charge on any atom is 0.412 e. The fourth-order valence-corrected chi connectivity index (χ4v) is 3.92. The summed E-state index contributed by atoms with van der Waals surface area (Å²) in [5.41, 5.74) is 2.18. The minimum absolute atomic E-state index is 0.0208. The lowest BCUT2D eigenvalue weighted by Crippen LogP contribution is -2.33. The van der Waals surface area contributed by atoms with Crippen molar-refractivity contribution in [2.75, 3.05) is 6.54 Å². The molecule has 164 valence electrons. The highest BCUT2D eigenvalue weighted by Crippen LogP contribution is 2.42. The van der Waals surface area contributed by atoms with E-state index in [4.69, 9.17) is 5.32 Å². The largest absolute Gasteiger partial charge is 0.655 e. The summed E-state index contributed by atoms with van der Waals surface area (Å²) in [6.45, 7) is 15.1. The number of rotatable bonds is 4. The quantitative estimate of drug-likeness (QED) is 0.503. The van der Waals surface area contributed by atoms with Crippen molar-refractivity contribution >= 4 is 0 Å². The van der Waals surface area contributed by atoms with Crippen molar-refractivity contribution in [3.8, 4) is 0 Å². The summed E-state index contributed by atoms with van der Waals surface area (Å²) in [6, 6.07) is -0.120. The van der Waals surface area contributed by atoms with Gasteiger partial charge in [-0.05, 0) is 40.7 Å². The SMILES string of the molecule is CC([N-]CC1C=C(C(C)(C)C)C(O)C(C(C)(C)C)=C1)C1=CC=C(C(F)(F)F)CC1. The molecule has 0 bridgehead atoms. The van der Waals surface area contributed by atoms with Crippen LogP contribution in [0.15, 0.2) is 46.6 Å². The zero-order valence-corrected chi connectivity index (χ0v) is 18.7. The third-order valence-electron chi connectivity index (χ3n) is 5.78. The Morgan fingerprint density at radius 2 is 1.48 bits per heavy atom. The molecule has 2 aliphatic rings. The van der Waals surface area contributed by atoms with E-state index in [9.17, 15) is 18.3 Å². The first-order valence-electron chi connectivity index (χ1n) is 10.4. The number of hydrogen-bond acceptors (Lipinski definition) is 1. The fraction of sp³-hybridized carbons (Fsp3) is 0.667. The van der Waals surface area contributed by atoms with E-state index in [0.717, 1.165) is 16.7 Å². The van der Waals surface area contributed by atoms with Gasteiger partial charge in [0.15, 0.2) is 0 Å². The van der Waals surface area contributed by atoms with Gasteiger partial charge in [0.25, 0.3) is 0 Å². The first kappa shape index (κ1) is 23.9. The third-order valence-corrected chi connectivity index (χ3v) is 5.78.